The molecule has 1 atom stereocenters. The van der Waals surface area contributed by atoms with Gasteiger partial charge in [0.1, 0.15) is 17.3 Å². The quantitative estimate of drug-likeness (QED) is 0.309. The van der Waals surface area contributed by atoms with Crippen molar-refractivity contribution in [3.63, 3.8) is 0 Å². The fourth-order valence-electron chi connectivity index (χ4n) is 3.50. The lowest BCUT2D eigenvalue weighted by molar-refractivity contribution is -0.139. The molecule has 2 aromatic rings. The smallest absolute Gasteiger partial charge is 0.295 e. The summed E-state index contributed by atoms with van der Waals surface area (Å²) >= 11 is 0. The van der Waals surface area contributed by atoms with Gasteiger partial charge in [0.25, 0.3) is 11.7 Å². The molecule has 0 spiro atoms. The number of hydrogen-bond donors (Lipinski definition) is 1. The van der Waals surface area contributed by atoms with Crippen molar-refractivity contribution in [2.45, 2.75) is 19.9 Å². The fourth-order valence-corrected chi connectivity index (χ4v) is 3.50. The summed E-state index contributed by atoms with van der Waals surface area (Å²) in [7, 11) is 0. The van der Waals surface area contributed by atoms with Crippen LogP contribution in [0, 0.1) is 0 Å². The number of nitrogens with zero attached hydrogens (tertiary/aromatic N) is 1. The maximum Gasteiger partial charge on any atom is 0.295 e. The van der Waals surface area contributed by atoms with E-state index in [2.05, 4.69) is 6.58 Å². The number of ether oxygens (including phenoxy) is 2. The first-order valence-corrected chi connectivity index (χ1v) is 9.87. The van der Waals surface area contributed by atoms with Crippen LogP contribution in [0.3, 0.4) is 0 Å². The van der Waals surface area contributed by atoms with Gasteiger partial charge in [0, 0.05) is 12.1 Å². The van der Waals surface area contributed by atoms with Gasteiger partial charge in [0.05, 0.1) is 24.8 Å². The summed E-state index contributed by atoms with van der Waals surface area (Å²) in [6.07, 6.45) is 1.56. The Kier molecular flexibility index (Phi) is 6.57. The van der Waals surface area contributed by atoms with Crippen LogP contribution in [0.1, 0.15) is 31.0 Å². The predicted octanol–water partition coefficient (Wildman–Crippen LogP) is 4.09. The highest BCUT2D eigenvalue weighted by Gasteiger charge is 2.45. The number of carbonyl (C=O) groups is 2. The lowest BCUT2D eigenvalue weighted by Gasteiger charge is -2.24. The summed E-state index contributed by atoms with van der Waals surface area (Å²) in [5, 5.41) is 11.0. The largest absolute Gasteiger partial charge is 0.507 e. The lowest BCUT2D eigenvalue weighted by Crippen LogP contribution is -2.29. The van der Waals surface area contributed by atoms with Crippen LogP contribution in [0.4, 0.5) is 0 Å². The van der Waals surface area contributed by atoms with Gasteiger partial charge >= 0.3 is 0 Å². The number of ketones is 1. The molecular weight excluding hydrogens is 382 g/mol. The van der Waals surface area contributed by atoms with Crippen molar-refractivity contribution in [2.75, 3.05) is 19.8 Å². The molecule has 1 heterocycles. The van der Waals surface area contributed by atoms with Crippen LogP contribution in [-0.4, -0.2) is 41.5 Å². The van der Waals surface area contributed by atoms with Gasteiger partial charge < -0.3 is 19.5 Å². The molecule has 1 fully saturated rings. The highest BCUT2D eigenvalue weighted by atomic mass is 16.5. The number of Topliss-reactive ketones (excluding diaryl/α,β-unsaturated/α-hetero) is 1. The number of hydrogen-bond acceptors (Lipinski definition) is 5. The maximum absolute atomic E-state index is 12.8. The van der Waals surface area contributed by atoms with Crippen LogP contribution in [0.25, 0.3) is 5.76 Å². The molecule has 1 saturated heterocycles. The molecule has 1 aliphatic heterocycles. The number of rotatable bonds is 8. The molecule has 0 radical (unpaired) electrons. The Morgan fingerprint density at radius 3 is 2.03 bits per heavy atom. The molecule has 0 aromatic heterocycles. The van der Waals surface area contributed by atoms with Gasteiger partial charge in [-0.05, 0) is 55.8 Å². The maximum atomic E-state index is 12.8. The van der Waals surface area contributed by atoms with Crippen LogP contribution in [0.15, 0.2) is 66.8 Å². The summed E-state index contributed by atoms with van der Waals surface area (Å²) in [4.78, 5) is 26.9. The first-order chi connectivity index (χ1) is 14.5. The second-order valence-electron chi connectivity index (χ2n) is 6.70. The van der Waals surface area contributed by atoms with Crippen molar-refractivity contribution < 1.29 is 24.2 Å². The molecule has 1 unspecified atom stereocenters. The normalized spacial score (nSPS) is 17.8. The van der Waals surface area contributed by atoms with Crippen LogP contribution in [0.5, 0.6) is 11.5 Å². The summed E-state index contributed by atoms with van der Waals surface area (Å²) in [6, 6.07) is 13.2. The van der Waals surface area contributed by atoms with Crippen molar-refractivity contribution in [1.82, 2.24) is 4.90 Å². The number of amides is 1. The number of aliphatic hydroxyl groups is 1. The molecule has 0 aliphatic carbocycles. The van der Waals surface area contributed by atoms with Gasteiger partial charge in [0.15, 0.2) is 0 Å². The Morgan fingerprint density at radius 1 is 1.00 bits per heavy atom. The van der Waals surface area contributed by atoms with Crippen LogP contribution in [0.2, 0.25) is 0 Å². The molecule has 2 aromatic carbocycles. The first-order valence-electron chi connectivity index (χ1n) is 9.87. The summed E-state index contributed by atoms with van der Waals surface area (Å²) in [5.74, 6) is -0.261. The molecule has 30 heavy (non-hydrogen) atoms. The van der Waals surface area contributed by atoms with Gasteiger partial charge in [-0.2, -0.15) is 0 Å². The van der Waals surface area contributed by atoms with Gasteiger partial charge in [-0.3, -0.25) is 9.59 Å². The van der Waals surface area contributed by atoms with E-state index in [9.17, 15) is 14.7 Å². The number of carbonyl (C=O) groups excluding carboxylic acids is 2. The van der Waals surface area contributed by atoms with E-state index >= 15 is 0 Å². The Bertz CT molecular complexity index is 960. The molecule has 6 heteroatoms. The summed E-state index contributed by atoms with van der Waals surface area (Å²) < 4.78 is 10.9. The Balaban J connectivity index is 2.08. The van der Waals surface area contributed by atoms with Crippen molar-refractivity contribution in [1.29, 1.82) is 0 Å². The highest BCUT2D eigenvalue weighted by Crippen LogP contribution is 2.39. The third-order valence-corrected chi connectivity index (χ3v) is 4.81. The third kappa shape index (κ3) is 4.08. The van der Waals surface area contributed by atoms with Crippen molar-refractivity contribution in [3.8, 4) is 11.5 Å². The number of likely N-dealkylation sites (tertiary alicyclic amines) is 1. The fraction of sp³-hybridized carbons (Fsp3) is 0.250. The SMILES string of the molecule is C=CCN1C(=O)C(=O)C(=C(O)c2ccc(OCC)cc2)C1c1ccc(OCC)cc1. The molecule has 0 bridgehead atoms. The molecule has 6 nitrogen and oxygen atoms in total. The molecule has 3 rings (SSSR count). The third-order valence-electron chi connectivity index (χ3n) is 4.81. The zero-order chi connectivity index (χ0) is 21.7. The van der Waals surface area contributed by atoms with Crippen LogP contribution in [-0.2, 0) is 9.59 Å². The monoisotopic (exact) mass is 407 g/mol. The van der Waals surface area contributed by atoms with E-state index in [4.69, 9.17) is 9.47 Å². The van der Waals surface area contributed by atoms with E-state index in [1.54, 1.807) is 54.6 Å². The zero-order valence-electron chi connectivity index (χ0n) is 17.1. The van der Waals surface area contributed by atoms with Gasteiger partial charge in [-0.1, -0.05) is 18.2 Å². The molecule has 1 amide bonds. The summed E-state index contributed by atoms with van der Waals surface area (Å²) in [6.45, 7) is 8.70. The second kappa shape index (κ2) is 9.31. The van der Waals surface area contributed by atoms with Gasteiger partial charge in [-0.15, -0.1) is 6.58 Å². The lowest BCUT2D eigenvalue weighted by atomic mass is 9.95. The van der Waals surface area contributed by atoms with E-state index in [1.807, 2.05) is 13.8 Å². The van der Waals surface area contributed by atoms with Gasteiger partial charge in [-0.25, -0.2) is 0 Å². The Labute approximate surface area is 176 Å². The van der Waals surface area contributed by atoms with E-state index in [-0.39, 0.29) is 17.9 Å². The number of aliphatic hydroxyl groups excluding tert-OH is 1. The Hall–Kier alpha value is -3.54. The minimum Gasteiger partial charge on any atom is -0.507 e. The second-order valence-corrected chi connectivity index (χ2v) is 6.70. The summed E-state index contributed by atoms with van der Waals surface area (Å²) in [5.41, 5.74) is 1.19. The molecular formula is C24H25NO5. The zero-order valence-corrected chi connectivity index (χ0v) is 17.1. The topological polar surface area (TPSA) is 76.1 Å². The van der Waals surface area contributed by atoms with Crippen LogP contribution >= 0.6 is 0 Å². The minimum absolute atomic E-state index is 0.0511. The van der Waals surface area contributed by atoms with Crippen LogP contribution < -0.4 is 9.47 Å². The number of benzene rings is 2. The van der Waals surface area contributed by atoms with E-state index < -0.39 is 17.7 Å². The first kappa shape index (κ1) is 21.2. The van der Waals surface area contributed by atoms with Crippen molar-refractivity contribution >= 4 is 17.4 Å². The minimum atomic E-state index is -0.720. The average Bonchev–Trinajstić information content (AvgIpc) is 3.00. The van der Waals surface area contributed by atoms with Gasteiger partial charge in [0.2, 0.25) is 0 Å². The van der Waals surface area contributed by atoms with Crippen molar-refractivity contribution in [2.24, 2.45) is 0 Å². The molecule has 156 valence electrons. The van der Waals surface area contributed by atoms with E-state index in [1.165, 1.54) is 4.90 Å². The molecule has 1 aliphatic rings. The van der Waals surface area contributed by atoms with Crippen molar-refractivity contribution in [3.05, 3.63) is 77.9 Å². The Morgan fingerprint density at radius 2 is 1.53 bits per heavy atom. The highest BCUT2D eigenvalue weighted by molar-refractivity contribution is 6.46. The van der Waals surface area contributed by atoms with E-state index in [0.717, 1.165) is 0 Å². The molecule has 0 saturated carbocycles. The standard InChI is InChI=1S/C24H25NO5/c1-4-15-25-21(16-7-11-18(12-8-16)29-5-2)20(23(27)24(25)28)22(26)17-9-13-19(14-10-17)30-6-3/h4,7-14,21,26H,1,5-6,15H2,2-3H3. The molecule has 1 N–H and O–H groups in total. The average molecular weight is 407 g/mol. The van der Waals surface area contributed by atoms with E-state index in [0.29, 0.717) is 35.8 Å². The predicted molar refractivity (Wildman–Crippen MR) is 114 cm³/mol.